The first kappa shape index (κ1) is 19.1. The highest BCUT2D eigenvalue weighted by atomic mass is 16.5. The topological polar surface area (TPSA) is 46.9 Å². The van der Waals surface area contributed by atoms with Gasteiger partial charge in [-0.3, -0.25) is 4.90 Å². The Morgan fingerprint density at radius 3 is 2.81 bits per heavy atom. The fourth-order valence-electron chi connectivity index (χ4n) is 3.41. The Bertz CT molecular complexity index is 638. The summed E-state index contributed by atoms with van der Waals surface area (Å²) in [5.41, 5.74) is 2.36. The maximum absolute atomic E-state index is 10.5. The van der Waals surface area contributed by atoms with Crippen molar-refractivity contribution in [3.63, 3.8) is 0 Å². The Morgan fingerprint density at radius 1 is 1.27 bits per heavy atom. The molecule has 0 radical (unpaired) electrons. The monoisotopic (exact) mass is 358 g/mol. The van der Waals surface area contributed by atoms with Crippen LogP contribution in [0.25, 0.3) is 0 Å². The molecule has 1 fully saturated rings. The zero-order chi connectivity index (χ0) is 18.2. The molecule has 26 heavy (non-hydrogen) atoms. The zero-order valence-electron chi connectivity index (χ0n) is 15.6. The van der Waals surface area contributed by atoms with E-state index in [4.69, 9.17) is 9.47 Å². The van der Waals surface area contributed by atoms with Crippen LogP contribution in [0.5, 0.6) is 0 Å². The van der Waals surface area contributed by atoms with Gasteiger partial charge in [-0.15, -0.1) is 0 Å². The average Bonchev–Trinajstić information content (AvgIpc) is 3.28. The van der Waals surface area contributed by atoms with Crippen LogP contribution >= 0.6 is 0 Å². The number of hydrogen-bond donors (Lipinski definition) is 1. The number of rotatable bonds is 10. The number of aliphatic hydroxyl groups is 1. The molecule has 2 heterocycles. The smallest absolute Gasteiger partial charge is 0.0900 e. The van der Waals surface area contributed by atoms with Crippen LogP contribution in [0.1, 0.15) is 24.1 Å². The first-order valence-electron chi connectivity index (χ1n) is 9.44. The van der Waals surface area contributed by atoms with Gasteiger partial charge in [0.15, 0.2) is 0 Å². The van der Waals surface area contributed by atoms with E-state index in [1.165, 1.54) is 5.69 Å². The van der Waals surface area contributed by atoms with Gasteiger partial charge in [0.2, 0.25) is 0 Å². The molecule has 0 amide bonds. The number of aromatic nitrogens is 1. The Balaban J connectivity index is 1.49. The molecule has 0 unspecified atom stereocenters. The maximum Gasteiger partial charge on any atom is 0.0900 e. The summed E-state index contributed by atoms with van der Waals surface area (Å²) in [4.78, 5) is 2.28. The minimum Gasteiger partial charge on any atom is -0.389 e. The van der Waals surface area contributed by atoms with Crippen LogP contribution in [-0.4, -0.2) is 53.1 Å². The predicted molar refractivity (Wildman–Crippen MR) is 102 cm³/mol. The largest absolute Gasteiger partial charge is 0.389 e. The lowest BCUT2D eigenvalue weighted by molar-refractivity contribution is -0.00328. The van der Waals surface area contributed by atoms with Crippen LogP contribution < -0.4 is 0 Å². The Hall–Kier alpha value is -1.66. The Morgan fingerprint density at radius 2 is 2.12 bits per heavy atom. The molecule has 1 N–H and O–H groups in total. The van der Waals surface area contributed by atoms with Crippen LogP contribution in [0.4, 0.5) is 0 Å². The lowest BCUT2D eigenvalue weighted by Crippen LogP contribution is -2.39. The van der Waals surface area contributed by atoms with Crippen LogP contribution in [0.2, 0.25) is 0 Å². The average molecular weight is 358 g/mol. The number of aryl methyl sites for hydroxylation is 1. The van der Waals surface area contributed by atoms with Gasteiger partial charge in [-0.25, -0.2) is 0 Å². The summed E-state index contributed by atoms with van der Waals surface area (Å²) in [6.07, 6.45) is 4.04. The molecule has 5 heteroatoms. The van der Waals surface area contributed by atoms with Crippen molar-refractivity contribution in [2.75, 3.05) is 26.3 Å². The molecule has 0 saturated carbocycles. The van der Waals surface area contributed by atoms with Gasteiger partial charge in [-0.05, 0) is 30.5 Å². The Kier molecular flexibility index (Phi) is 7.26. The van der Waals surface area contributed by atoms with Crippen LogP contribution in [-0.2, 0) is 29.7 Å². The summed E-state index contributed by atoms with van der Waals surface area (Å²) in [5.74, 6) is 0. The third-order valence-electron chi connectivity index (χ3n) is 4.81. The predicted octanol–water partition coefficient (Wildman–Crippen LogP) is 2.58. The van der Waals surface area contributed by atoms with Gasteiger partial charge in [0.1, 0.15) is 0 Å². The van der Waals surface area contributed by atoms with E-state index in [1.807, 2.05) is 30.3 Å². The number of nitrogens with zero attached hydrogens (tertiary/aromatic N) is 2. The van der Waals surface area contributed by atoms with Crippen LogP contribution in [0.3, 0.4) is 0 Å². The Labute approximate surface area is 156 Å². The number of hydrogen-bond acceptors (Lipinski definition) is 4. The van der Waals surface area contributed by atoms with Crippen molar-refractivity contribution in [1.82, 2.24) is 9.47 Å². The third-order valence-corrected chi connectivity index (χ3v) is 4.81. The highest BCUT2D eigenvalue weighted by molar-refractivity contribution is 5.13. The minimum absolute atomic E-state index is 0.271. The first-order valence-corrected chi connectivity index (χ1v) is 9.44. The van der Waals surface area contributed by atoms with Gasteiger partial charge >= 0.3 is 0 Å². The minimum atomic E-state index is -0.514. The van der Waals surface area contributed by atoms with Crippen molar-refractivity contribution >= 4 is 0 Å². The van der Waals surface area contributed by atoms with Crippen molar-refractivity contribution in [3.05, 3.63) is 59.9 Å². The molecular formula is C21H30N2O3. The number of aliphatic hydroxyl groups excluding tert-OH is 1. The molecule has 3 rings (SSSR count). The highest BCUT2D eigenvalue weighted by Gasteiger charge is 2.21. The zero-order valence-corrected chi connectivity index (χ0v) is 15.6. The van der Waals surface area contributed by atoms with E-state index in [9.17, 15) is 5.11 Å². The number of ether oxygens (including phenoxy) is 2. The fraction of sp³-hybridized carbons (Fsp3) is 0.524. The van der Waals surface area contributed by atoms with Crippen molar-refractivity contribution in [2.45, 2.75) is 38.2 Å². The molecule has 142 valence electrons. The maximum atomic E-state index is 10.5. The fourth-order valence-corrected chi connectivity index (χ4v) is 3.41. The SMILES string of the molecule is Cn1cccc1CN(C[C@@H](O)COCc1ccccc1)C[C@H]1CCCO1. The van der Waals surface area contributed by atoms with Gasteiger partial charge in [0.05, 0.1) is 25.4 Å². The molecule has 2 aromatic rings. The van der Waals surface area contributed by atoms with Crippen molar-refractivity contribution < 1.29 is 14.6 Å². The highest BCUT2D eigenvalue weighted by Crippen LogP contribution is 2.15. The van der Waals surface area contributed by atoms with Gasteiger partial charge in [-0.2, -0.15) is 0 Å². The van der Waals surface area contributed by atoms with E-state index in [-0.39, 0.29) is 6.10 Å². The van der Waals surface area contributed by atoms with E-state index in [0.717, 1.165) is 38.1 Å². The molecule has 1 saturated heterocycles. The summed E-state index contributed by atoms with van der Waals surface area (Å²) in [5, 5.41) is 10.5. The summed E-state index contributed by atoms with van der Waals surface area (Å²) in [7, 11) is 2.05. The van der Waals surface area contributed by atoms with E-state index in [2.05, 4.69) is 34.8 Å². The van der Waals surface area contributed by atoms with Gasteiger partial charge < -0.3 is 19.1 Å². The molecule has 1 aliphatic rings. The lowest BCUT2D eigenvalue weighted by Gasteiger charge is -2.27. The lowest BCUT2D eigenvalue weighted by atomic mass is 10.2. The number of benzene rings is 1. The second kappa shape index (κ2) is 9.88. The molecule has 0 bridgehead atoms. The molecule has 5 nitrogen and oxygen atoms in total. The van der Waals surface area contributed by atoms with E-state index < -0.39 is 6.10 Å². The van der Waals surface area contributed by atoms with Crippen molar-refractivity contribution in [1.29, 1.82) is 0 Å². The van der Waals surface area contributed by atoms with Gasteiger partial charge in [0, 0.05) is 45.2 Å². The third kappa shape index (κ3) is 5.95. The molecule has 0 spiro atoms. The molecule has 1 aromatic carbocycles. The summed E-state index contributed by atoms with van der Waals surface area (Å²) in [6.45, 7) is 3.96. The standard InChI is InChI=1S/C21H30N2O3/c1-22-11-5-9-19(22)13-23(15-21-10-6-12-26-21)14-20(24)17-25-16-18-7-3-2-4-8-18/h2-5,7-9,11,20-21,24H,6,10,12-17H2,1H3/t20-,21-/m1/s1. The van der Waals surface area contributed by atoms with Crippen molar-refractivity contribution in [2.24, 2.45) is 7.05 Å². The van der Waals surface area contributed by atoms with Gasteiger partial charge in [0.25, 0.3) is 0 Å². The van der Waals surface area contributed by atoms with E-state index in [0.29, 0.717) is 19.8 Å². The van der Waals surface area contributed by atoms with Crippen molar-refractivity contribution in [3.8, 4) is 0 Å². The molecule has 1 aliphatic heterocycles. The van der Waals surface area contributed by atoms with Gasteiger partial charge in [-0.1, -0.05) is 30.3 Å². The second-order valence-electron chi connectivity index (χ2n) is 7.09. The normalized spacial score (nSPS) is 18.5. The molecular weight excluding hydrogens is 328 g/mol. The second-order valence-corrected chi connectivity index (χ2v) is 7.09. The summed E-state index contributed by atoms with van der Waals surface area (Å²) >= 11 is 0. The van der Waals surface area contributed by atoms with E-state index in [1.54, 1.807) is 0 Å². The molecule has 1 aromatic heterocycles. The summed E-state index contributed by atoms with van der Waals surface area (Å²) < 4.78 is 13.6. The van der Waals surface area contributed by atoms with Crippen LogP contribution in [0.15, 0.2) is 48.7 Å². The van der Waals surface area contributed by atoms with E-state index >= 15 is 0 Å². The summed E-state index contributed by atoms with van der Waals surface area (Å²) in [6, 6.07) is 14.2. The van der Waals surface area contributed by atoms with Crippen LogP contribution in [0, 0.1) is 0 Å². The molecule has 2 atom stereocenters. The molecule has 0 aliphatic carbocycles. The first-order chi connectivity index (χ1) is 12.7. The quantitative estimate of drug-likeness (QED) is 0.709.